The highest BCUT2D eigenvalue weighted by Gasteiger charge is 2.28. The average molecular weight is 261 g/mol. The zero-order chi connectivity index (χ0) is 13.8. The van der Waals surface area contributed by atoms with Crippen LogP contribution >= 0.6 is 0 Å². The molecule has 1 unspecified atom stereocenters. The predicted octanol–water partition coefficient (Wildman–Crippen LogP) is 2.15. The van der Waals surface area contributed by atoms with Crippen molar-refractivity contribution in [3.8, 4) is 0 Å². The van der Waals surface area contributed by atoms with Gasteiger partial charge in [-0.05, 0) is 58.1 Å². The van der Waals surface area contributed by atoms with Gasteiger partial charge in [-0.15, -0.1) is 0 Å². The van der Waals surface area contributed by atoms with E-state index in [-0.39, 0.29) is 0 Å². The number of hydrogen-bond donors (Lipinski definition) is 1. The van der Waals surface area contributed by atoms with Crippen LogP contribution in [0.15, 0.2) is 18.2 Å². The summed E-state index contributed by atoms with van der Waals surface area (Å²) in [7, 11) is 4.27. The second-order valence-electron chi connectivity index (χ2n) is 5.93. The van der Waals surface area contributed by atoms with Crippen LogP contribution in [0.4, 0.5) is 0 Å². The molecule has 0 saturated carbocycles. The molecule has 3 nitrogen and oxygen atoms in total. The molecule has 1 heterocycles. The van der Waals surface area contributed by atoms with E-state index in [1.54, 1.807) is 0 Å². The number of nitrogens with zero attached hydrogens (tertiary/aromatic N) is 2. The van der Waals surface area contributed by atoms with Gasteiger partial charge in [-0.25, -0.2) is 0 Å². The van der Waals surface area contributed by atoms with E-state index in [4.69, 9.17) is 5.73 Å². The molecule has 3 heteroatoms. The zero-order valence-corrected chi connectivity index (χ0v) is 12.5. The monoisotopic (exact) mass is 261 g/mol. The van der Waals surface area contributed by atoms with Crippen molar-refractivity contribution >= 4 is 0 Å². The van der Waals surface area contributed by atoms with Gasteiger partial charge in [0.1, 0.15) is 0 Å². The van der Waals surface area contributed by atoms with E-state index in [0.29, 0.717) is 6.04 Å². The summed E-state index contributed by atoms with van der Waals surface area (Å²) in [6.45, 7) is 6.29. The molecule has 1 aliphatic rings. The first-order valence-electron chi connectivity index (χ1n) is 7.30. The molecule has 0 fully saturated rings. The third-order valence-corrected chi connectivity index (χ3v) is 4.00. The molecule has 0 amide bonds. The minimum absolute atomic E-state index is 0.425. The van der Waals surface area contributed by atoms with Gasteiger partial charge in [0.05, 0.1) is 0 Å². The maximum atomic E-state index is 5.99. The predicted molar refractivity (Wildman–Crippen MR) is 81.2 cm³/mol. The number of hydrogen-bond acceptors (Lipinski definition) is 3. The molecule has 0 saturated heterocycles. The molecule has 1 aliphatic heterocycles. The first kappa shape index (κ1) is 14.5. The number of fused-ring (bicyclic) bond motifs is 1. The van der Waals surface area contributed by atoms with E-state index in [9.17, 15) is 0 Å². The van der Waals surface area contributed by atoms with Gasteiger partial charge in [0.2, 0.25) is 0 Å². The average Bonchev–Trinajstić information content (AvgIpc) is 2.71. The molecule has 0 radical (unpaired) electrons. The lowest BCUT2D eigenvalue weighted by Crippen LogP contribution is -2.29. The molecular weight excluding hydrogens is 234 g/mol. The van der Waals surface area contributed by atoms with Gasteiger partial charge in [-0.2, -0.15) is 0 Å². The lowest BCUT2D eigenvalue weighted by Gasteiger charge is -2.24. The van der Waals surface area contributed by atoms with Crippen molar-refractivity contribution in [2.45, 2.75) is 32.4 Å². The summed E-state index contributed by atoms with van der Waals surface area (Å²) in [5, 5.41) is 0. The van der Waals surface area contributed by atoms with E-state index in [1.807, 2.05) is 0 Å². The van der Waals surface area contributed by atoms with Crippen LogP contribution in [0.3, 0.4) is 0 Å². The molecule has 2 rings (SSSR count). The van der Waals surface area contributed by atoms with E-state index >= 15 is 0 Å². The fourth-order valence-electron chi connectivity index (χ4n) is 2.95. The van der Waals surface area contributed by atoms with E-state index in [2.05, 4.69) is 49.0 Å². The Kier molecular flexibility index (Phi) is 4.97. The Labute approximate surface area is 117 Å². The number of nitrogens with two attached hydrogens (primary N) is 1. The molecule has 0 aliphatic carbocycles. The Hall–Kier alpha value is -0.900. The molecule has 1 aromatic rings. The first-order valence-corrected chi connectivity index (χ1v) is 7.30. The summed E-state index contributed by atoms with van der Waals surface area (Å²) >= 11 is 0. The van der Waals surface area contributed by atoms with Crippen molar-refractivity contribution in [2.24, 2.45) is 5.73 Å². The van der Waals surface area contributed by atoms with Gasteiger partial charge in [-0.3, -0.25) is 4.90 Å². The fraction of sp³-hybridized carbons (Fsp3) is 0.625. The highest BCUT2D eigenvalue weighted by atomic mass is 15.2. The minimum Gasteiger partial charge on any atom is -0.329 e. The largest absolute Gasteiger partial charge is 0.329 e. The van der Waals surface area contributed by atoms with Crippen LogP contribution in [0, 0.1) is 6.92 Å². The summed E-state index contributed by atoms with van der Waals surface area (Å²) in [5.74, 6) is 0. The first-order chi connectivity index (χ1) is 9.11. The highest BCUT2D eigenvalue weighted by Crippen LogP contribution is 2.33. The highest BCUT2D eigenvalue weighted by molar-refractivity contribution is 5.37. The molecule has 0 bridgehead atoms. The maximum absolute atomic E-state index is 5.99. The molecule has 2 N–H and O–H groups in total. The lowest BCUT2D eigenvalue weighted by molar-refractivity contribution is 0.212. The van der Waals surface area contributed by atoms with Crippen LogP contribution in [0.25, 0.3) is 0 Å². The zero-order valence-electron chi connectivity index (χ0n) is 12.5. The van der Waals surface area contributed by atoms with Gasteiger partial charge >= 0.3 is 0 Å². The molecule has 1 aromatic carbocycles. The lowest BCUT2D eigenvalue weighted by atomic mass is 10.0. The molecular formula is C16H27N3. The van der Waals surface area contributed by atoms with Gasteiger partial charge in [0.15, 0.2) is 0 Å². The quantitative estimate of drug-likeness (QED) is 0.797. The molecule has 0 aromatic heterocycles. The van der Waals surface area contributed by atoms with Crippen LogP contribution in [-0.4, -0.2) is 43.5 Å². The minimum atomic E-state index is 0.425. The van der Waals surface area contributed by atoms with Crippen LogP contribution < -0.4 is 5.73 Å². The van der Waals surface area contributed by atoms with Gasteiger partial charge in [-0.1, -0.05) is 23.8 Å². The second-order valence-corrected chi connectivity index (χ2v) is 5.93. The van der Waals surface area contributed by atoms with Crippen molar-refractivity contribution in [2.75, 3.05) is 33.7 Å². The third-order valence-electron chi connectivity index (χ3n) is 4.00. The van der Waals surface area contributed by atoms with Gasteiger partial charge in [0, 0.05) is 19.1 Å². The number of benzene rings is 1. The van der Waals surface area contributed by atoms with E-state index in [0.717, 1.165) is 19.6 Å². The SMILES string of the molecule is Cc1ccc2c(c1)C(CN)N(CCCCN(C)C)C2. The number of rotatable bonds is 6. The number of aryl methyl sites for hydroxylation is 1. The van der Waals surface area contributed by atoms with Crippen molar-refractivity contribution < 1.29 is 0 Å². The van der Waals surface area contributed by atoms with E-state index < -0.39 is 0 Å². The smallest absolute Gasteiger partial charge is 0.0477 e. The summed E-state index contributed by atoms with van der Waals surface area (Å²) in [6, 6.07) is 7.22. The molecule has 19 heavy (non-hydrogen) atoms. The van der Waals surface area contributed by atoms with Crippen LogP contribution in [0.5, 0.6) is 0 Å². The summed E-state index contributed by atoms with van der Waals surface area (Å²) in [6.07, 6.45) is 2.51. The maximum Gasteiger partial charge on any atom is 0.0477 e. The van der Waals surface area contributed by atoms with Crippen molar-refractivity contribution in [3.63, 3.8) is 0 Å². The Morgan fingerprint density at radius 3 is 2.79 bits per heavy atom. The van der Waals surface area contributed by atoms with Crippen LogP contribution in [0.1, 0.15) is 35.6 Å². The molecule has 0 spiro atoms. The summed E-state index contributed by atoms with van der Waals surface area (Å²) < 4.78 is 0. The summed E-state index contributed by atoms with van der Waals surface area (Å²) in [4.78, 5) is 4.79. The molecule has 1 atom stereocenters. The van der Waals surface area contributed by atoms with Gasteiger partial charge in [0.25, 0.3) is 0 Å². The third kappa shape index (κ3) is 3.56. The van der Waals surface area contributed by atoms with Crippen molar-refractivity contribution in [1.29, 1.82) is 0 Å². The summed E-state index contributed by atoms with van der Waals surface area (Å²) in [5.41, 5.74) is 10.3. The van der Waals surface area contributed by atoms with E-state index in [1.165, 1.54) is 36.1 Å². The Morgan fingerprint density at radius 1 is 1.32 bits per heavy atom. The van der Waals surface area contributed by atoms with Crippen LogP contribution in [-0.2, 0) is 6.54 Å². The van der Waals surface area contributed by atoms with Crippen molar-refractivity contribution in [1.82, 2.24) is 9.80 Å². The second kappa shape index (κ2) is 6.51. The van der Waals surface area contributed by atoms with Crippen molar-refractivity contribution in [3.05, 3.63) is 34.9 Å². The Bertz CT molecular complexity index is 414. The number of unbranched alkanes of at least 4 members (excludes halogenated alkanes) is 1. The normalized spacial score (nSPS) is 19.1. The topological polar surface area (TPSA) is 32.5 Å². The standard InChI is InChI=1S/C16H27N3/c1-13-6-7-14-12-19(9-5-4-8-18(2)3)16(11-17)15(14)10-13/h6-7,10,16H,4-5,8-9,11-12,17H2,1-3H3. The van der Waals surface area contributed by atoms with Crippen LogP contribution in [0.2, 0.25) is 0 Å². The Balaban J connectivity index is 1.93. The molecule has 106 valence electrons. The fourth-order valence-corrected chi connectivity index (χ4v) is 2.95. The Morgan fingerprint density at radius 2 is 2.11 bits per heavy atom. The van der Waals surface area contributed by atoms with Gasteiger partial charge < -0.3 is 10.6 Å².